The fourth-order valence-electron chi connectivity index (χ4n) is 2.71. The zero-order chi connectivity index (χ0) is 16.4. The highest BCUT2D eigenvalue weighted by Crippen LogP contribution is 2.23. The number of halogens is 1. The van der Waals surface area contributed by atoms with Crippen molar-refractivity contribution < 1.29 is 9.53 Å². The van der Waals surface area contributed by atoms with Crippen molar-refractivity contribution in [1.82, 2.24) is 19.7 Å². The van der Waals surface area contributed by atoms with Crippen molar-refractivity contribution in [1.29, 1.82) is 0 Å². The third-order valence-corrected chi connectivity index (χ3v) is 4.41. The number of aromatic nitrogens is 3. The molecule has 8 heteroatoms. The van der Waals surface area contributed by atoms with Gasteiger partial charge in [0.1, 0.15) is 12.7 Å². The van der Waals surface area contributed by atoms with E-state index in [1.54, 1.807) is 41.4 Å². The maximum atomic E-state index is 12.7. The summed E-state index contributed by atoms with van der Waals surface area (Å²) in [4.78, 5) is 14.4. The molecule has 0 unspecified atom stereocenters. The van der Waals surface area contributed by atoms with E-state index in [4.69, 9.17) is 22.1 Å². The van der Waals surface area contributed by atoms with Crippen LogP contribution in [-0.4, -0.2) is 57.9 Å². The van der Waals surface area contributed by atoms with E-state index in [9.17, 15) is 4.79 Å². The van der Waals surface area contributed by atoms with E-state index in [2.05, 4.69) is 10.2 Å². The quantitative estimate of drug-likeness (QED) is 0.908. The van der Waals surface area contributed by atoms with Gasteiger partial charge in [-0.25, -0.2) is 0 Å². The van der Waals surface area contributed by atoms with Gasteiger partial charge in [-0.05, 0) is 24.6 Å². The summed E-state index contributed by atoms with van der Waals surface area (Å²) in [7, 11) is 1.61. The first kappa shape index (κ1) is 15.9. The minimum atomic E-state index is -0.150. The molecule has 1 fully saturated rings. The van der Waals surface area contributed by atoms with Gasteiger partial charge in [0.15, 0.2) is 0 Å². The van der Waals surface area contributed by atoms with Crippen LogP contribution in [0.1, 0.15) is 16.8 Å². The van der Waals surface area contributed by atoms with E-state index in [-0.39, 0.29) is 18.1 Å². The highest BCUT2D eigenvalue weighted by Gasteiger charge is 2.30. The van der Waals surface area contributed by atoms with Gasteiger partial charge in [0.2, 0.25) is 0 Å². The first-order valence-corrected chi connectivity index (χ1v) is 7.70. The molecule has 2 N–H and O–H groups in total. The topological polar surface area (TPSA) is 86.3 Å². The molecule has 23 heavy (non-hydrogen) atoms. The summed E-state index contributed by atoms with van der Waals surface area (Å²) in [6.07, 6.45) is 3.70. The Labute approximate surface area is 139 Å². The van der Waals surface area contributed by atoms with Crippen LogP contribution in [0.15, 0.2) is 30.9 Å². The number of hydrogen-bond acceptors (Lipinski definition) is 5. The van der Waals surface area contributed by atoms with Crippen LogP contribution in [0.5, 0.6) is 0 Å². The fourth-order valence-corrected chi connectivity index (χ4v) is 2.97. The normalized spacial score (nSPS) is 21.4. The number of carbonyl (C=O) groups is 1. The average Bonchev–Trinajstić information content (AvgIpc) is 3.09. The Hall–Kier alpha value is -1.96. The number of benzene rings is 1. The molecular formula is C15H18ClN5O2. The predicted octanol–water partition coefficient (Wildman–Crippen LogP) is 1.11. The van der Waals surface area contributed by atoms with Gasteiger partial charge in [-0.1, -0.05) is 11.6 Å². The molecule has 1 aliphatic heterocycles. The molecule has 0 spiro atoms. The van der Waals surface area contributed by atoms with Gasteiger partial charge >= 0.3 is 0 Å². The van der Waals surface area contributed by atoms with Gasteiger partial charge in [-0.15, -0.1) is 10.2 Å². The van der Waals surface area contributed by atoms with E-state index in [1.807, 2.05) is 6.07 Å². The molecule has 3 rings (SSSR count). The number of hydrogen-bond donors (Lipinski definition) is 1. The molecule has 1 aliphatic rings. The van der Waals surface area contributed by atoms with Crippen LogP contribution in [0.25, 0.3) is 5.69 Å². The monoisotopic (exact) mass is 335 g/mol. The maximum Gasteiger partial charge on any atom is 0.255 e. The molecule has 1 aromatic carbocycles. The Bertz CT molecular complexity index is 691. The number of rotatable bonds is 3. The number of piperidine rings is 1. The molecule has 0 saturated carbocycles. The highest BCUT2D eigenvalue weighted by molar-refractivity contribution is 6.34. The Morgan fingerprint density at radius 1 is 1.39 bits per heavy atom. The van der Waals surface area contributed by atoms with Crippen LogP contribution in [0.2, 0.25) is 5.02 Å². The lowest BCUT2D eigenvalue weighted by atomic mass is 10.0. The molecule has 1 amide bonds. The molecule has 7 nitrogen and oxygen atoms in total. The number of ether oxygens (including phenoxy) is 1. The van der Waals surface area contributed by atoms with Crippen molar-refractivity contribution in [3.05, 3.63) is 41.4 Å². The maximum absolute atomic E-state index is 12.7. The molecule has 0 radical (unpaired) electrons. The molecule has 1 saturated heterocycles. The average molecular weight is 336 g/mol. The summed E-state index contributed by atoms with van der Waals surface area (Å²) in [5.41, 5.74) is 7.26. The molecule has 122 valence electrons. The Kier molecular flexibility index (Phi) is 4.61. The Balaban J connectivity index is 1.80. The van der Waals surface area contributed by atoms with E-state index in [0.29, 0.717) is 30.1 Å². The van der Waals surface area contributed by atoms with E-state index >= 15 is 0 Å². The van der Waals surface area contributed by atoms with Crippen LogP contribution in [0, 0.1) is 0 Å². The van der Waals surface area contributed by atoms with Gasteiger partial charge in [-0.2, -0.15) is 0 Å². The minimum absolute atomic E-state index is 0.0457. The lowest BCUT2D eigenvalue weighted by Crippen LogP contribution is -2.53. The molecular weight excluding hydrogens is 318 g/mol. The first-order chi connectivity index (χ1) is 11.1. The number of methoxy groups -OCH3 is 1. The molecule has 2 aromatic rings. The van der Waals surface area contributed by atoms with Gasteiger partial charge in [0.05, 0.1) is 16.7 Å². The lowest BCUT2D eigenvalue weighted by molar-refractivity contribution is 0.0162. The second-order valence-corrected chi connectivity index (χ2v) is 5.92. The van der Waals surface area contributed by atoms with E-state index < -0.39 is 0 Å². The summed E-state index contributed by atoms with van der Waals surface area (Å²) in [6.45, 7) is 1.07. The van der Waals surface area contributed by atoms with Crippen molar-refractivity contribution in [3.63, 3.8) is 0 Å². The minimum Gasteiger partial charge on any atom is -0.378 e. The Morgan fingerprint density at radius 2 is 2.13 bits per heavy atom. The third-order valence-electron chi connectivity index (χ3n) is 4.10. The number of nitrogens with zero attached hydrogens (tertiary/aromatic N) is 4. The standard InChI is InChI=1S/C15H18ClN5O2/c1-23-14-7-20(5-4-13(14)17)15(22)11-3-2-10(6-12(11)16)21-8-18-19-9-21/h2-3,6,8-9,13-14H,4-5,7,17H2,1H3/t13-,14+/m0/s1. The van der Waals surface area contributed by atoms with Crippen molar-refractivity contribution in [2.45, 2.75) is 18.6 Å². The second kappa shape index (κ2) is 6.66. The van der Waals surface area contributed by atoms with Crippen LogP contribution < -0.4 is 5.73 Å². The van der Waals surface area contributed by atoms with E-state index in [0.717, 1.165) is 5.69 Å². The van der Waals surface area contributed by atoms with Crippen LogP contribution in [0.4, 0.5) is 0 Å². The van der Waals surface area contributed by atoms with Crippen molar-refractivity contribution in [2.24, 2.45) is 5.73 Å². The molecule has 2 atom stereocenters. The summed E-state index contributed by atoms with van der Waals surface area (Å²) in [5.74, 6) is -0.112. The molecule has 1 aromatic heterocycles. The molecule has 2 heterocycles. The van der Waals surface area contributed by atoms with Gasteiger partial charge in [0, 0.05) is 31.9 Å². The number of amides is 1. The number of carbonyl (C=O) groups excluding carboxylic acids is 1. The number of likely N-dealkylation sites (tertiary alicyclic amines) is 1. The van der Waals surface area contributed by atoms with Gasteiger partial charge in [-0.3, -0.25) is 9.36 Å². The van der Waals surface area contributed by atoms with Crippen LogP contribution >= 0.6 is 11.6 Å². The zero-order valence-corrected chi connectivity index (χ0v) is 13.5. The Morgan fingerprint density at radius 3 is 2.78 bits per heavy atom. The smallest absolute Gasteiger partial charge is 0.255 e. The first-order valence-electron chi connectivity index (χ1n) is 7.32. The molecule has 0 aliphatic carbocycles. The second-order valence-electron chi connectivity index (χ2n) is 5.51. The van der Waals surface area contributed by atoms with Crippen LogP contribution in [0.3, 0.4) is 0 Å². The van der Waals surface area contributed by atoms with Crippen molar-refractivity contribution >= 4 is 17.5 Å². The zero-order valence-electron chi connectivity index (χ0n) is 12.7. The van der Waals surface area contributed by atoms with Gasteiger partial charge in [0.25, 0.3) is 5.91 Å². The fraction of sp³-hybridized carbons (Fsp3) is 0.400. The van der Waals surface area contributed by atoms with Crippen molar-refractivity contribution in [2.75, 3.05) is 20.2 Å². The van der Waals surface area contributed by atoms with Crippen molar-refractivity contribution in [3.8, 4) is 5.69 Å². The summed E-state index contributed by atoms with van der Waals surface area (Å²) in [5, 5.41) is 7.90. The summed E-state index contributed by atoms with van der Waals surface area (Å²) in [6, 6.07) is 5.21. The predicted molar refractivity (Wildman–Crippen MR) is 85.7 cm³/mol. The molecule has 0 bridgehead atoms. The largest absolute Gasteiger partial charge is 0.378 e. The van der Waals surface area contributed by atoms with Crippen LogP contribution in [-0.2, 0) is 4.74 Å². The highest BCUT2D eigenvalue weighted by atomic mass is 35.5. The lowest BCUT2D eigenvalue weighted by Gasteiger charge is -2.36. The van der Waals surface area contributed by atoms with Gasteiger partial charge < -0.3 is 15.4 Å². The SMILES string of the molecule is CO[C@@H]1CN(C(=O)c2ccc(-n3cnnc3)cc2Cl)CC[C@@H]1N. The third kappa shape index (κ3) is 3.21. The summed E-state index contributed by atoms with van der Waals surface area (Å²) >= 11 is 6.30. The summed E-state index contributed by atoms with van der Waals surface area (Å²) < 4.78 is 7.07. The number of nitrogens with two attached hydrogens (primary N) is 1. The van der Waals surface area contributed by atoms with E-state index in [1.165, 1.54) is 0 Å².